The number of hydrogen-bond donors (Lipinski definition) is 0. The van der Waals surface area contributed by atoms with E-state index < -0.39 is 0 Å². The summed E-state index contributed by atoms with van der Waals surface area (Å²) in [6.45, 7) is 4.64. The van der Waals surface area contributed by atoms with E-state index in [0.717, 1.165) is 57.1 Å². The lowest BCUT2D eigenvalue weighted by Crippen LogP contribution is -2.49. The number of carbonyl (C=O) groups is 1. The van der Waals surface area contributed by atoms with E-state index in [1.807, 2.05) is 41.3 Å². The highest BCUT2D eigenvalue weighted by molar-refractivity contribution is 5.94. The molecule has 2 saturated heterocycles. The van der Waals surface area contributed by atoms with Crippen molar-refractivity contribution in [1.29, 1.82) is 0 Å². The van der Waals surface area contributed by atoms with Crippen molar-refractivity contribution in [2.75, 3.05) is 44.3 Å². The molecular formula is C20H24N4O2. The molecular weight excluding hydrogens is 328 g/mol. The Labute approximate surface area is 153 Å². The molecule has 6 nitrogen and oxygen atoms in total. The van der Waals surface area contributed by atoms with E-state index in [9.17, 15) is 4.79 Å². The number of nitrogens with zero attached hydrogens (tertiary/aromatic N) is 4. The van der Waals surface area contributed by atoms with Crippen LogP contribution >= 0.6 is 0 Å². The maximum absolute atomic E-state index is 12.7. The van der Waals surface area contributed by atoms with Crippen molar-refractivity contribution in [3.8, 4) is 0 Å². The number of ether oxygens (including phenoxy) is 1. The fourth-order valence-corrected chi connectivity index (χ4v) is 3.87. The minimum absolute atomic E-state index is 0.0587. The molecule has 26 heavy (non-hydrogen) atoms. The summed E-state index contributed by atoms with van der Waals surface area (Å²) in [6, 6.07) is 11.4. The molecule has 1 amide bonds. The van der Waals surface area contributed by atoms with Crippen LogP contribution in [0, 0.1) is 5.41 Å². The maximum Gasteiger partial charge on any atom is 0.253 e. The van der Waals surface area contributed by atoms with Crippen LogP contribution in [0.15, 0.2) is 48.8 Å². The monoisotopic (exact) mass is 352 g/mol. The topological polar surface area (TPSA) is 58.6 Å². The molecule has 3 heterocycles. The predicted octanol–water partition coefficient (Wildman–Crippen LogP) is 2.24. The van der Waals surface area contributed by atoms with Crippen molar-refractivity contribution in [1.82, 2.24) is 14.9 Å². The smallest absolute Gasteiger partial charge is 0.253 e. The summed E-state index contributed by atoms with van der Waals surface area (Å²) in [4.78, 5) is 25.7. The van der Waals surface area contributed by atoms with Crippen LogP contribution < -0.4 is 4.90 Å². The first-order valence-corrected chi connectivity index (χ1v) is 9.20. The van der Waals surface area contributed by atoms with E-state index >= 15 is 0 Å². The zero-order valence-electron chi connectivity index (χ0n) is 14.9. The molecule has 4 rings (SSSR count). The Kier molecular flexibility index (Phi) is 4.84. The molecule has 0 saturated carbocycles. The highest BCUT2D eigenvalue weighted by atomic mass is 16.5. The number of likely N-dealkylation sites (tertiary alicyclic amines) is 1. The van der Waals surface area contributed by atoms with E-state index in [1.165, 1.54) is 0 Å². The number of rotatable bonds is 2. The third-order valence-corrected chi connectivity index (χ3v) is 5.41. The van der Waals surface area contributed by atoms with Gasteiger partial charge in [-0.15, -0.1) is 0 Å². The van der Waals surface area contributed by atoms with Gasteiger partial charge in [0.25, 0.3) is 5.91 Å². The Morgan fingerprint density at radius 2 is 1.73 bits per heavy atom. The number of carbonyl (C=O) groups excluding carboxylic acids is 1. The third kappa shape index (κ3) is 3.55. The zero-order chi connectivity index (χ0) is 17.8. The molecule has 1 spiro atoms. The predicted molar refractivity (Wildman–Crippen MR) is 99.1 cm³/mol. The van der Waals surface area contributed by atoms with E-state index in [4.69, 9.17) is 4.74 Å². The largest absolute Gasteiger partial charge is 0.379 e. The van der Waals surface area contributed by atoms with Crippen molar-refractivity contribution in [3.05, 3.63) is 54.4 Å². The molecule has 1 aromatic heterocycles. The van der Waals surface area contributed by atoms with Crippen molar-refractivity contribution in [3.63, 3.8) is 0 Å². The van der Waals surface area contributed by atoms with Gasteiger partial charge >= 0.3 is 0 Å². The second-order valence-corrected chi connectivity index (χ2v) is 7.18. The van der Waals surface area contributed by atoms with Crippen LogP contribution in [0.3, 0.4) is 0 Å². The molecule has 2 aliphatic rings. The van der Waals surface area contributed by atoms with Crippen LogP contribution in [-0.2, 0) is 4.74 Å². The zero-order valence-corrected chi connectivity index (χ0v) is 14.9. The first-order chi connectivity index (χ1) is 12.8. The quantitative estimate of drug-likeness (QED) is 0.830. The summed E-state index contributed by atoms with van der Waals surface area (Å²) in [6.07, 6.45) is 5.44. The second-order valence-electron chi connectivity index (χ2n) is 7.18. The van der Waals surface area contributed by atoms with E-state index in [1.54, 1.807) is 12.4 Å². The van der Waals surface area contributed by atoms with Crippen LogP contribution in [0.1, 0.15) is 23.2 Å². The standard InChI is InChI=1S/C20H24N4O2/c25-18(17-5-2-1-3-6-17)23-11-7-20(8-12-23)15-24(13-14-26-16-20)19-21-9-4-10-22-19/h1-6,9-10H,7-8,11-16H2. The second kappa shape index (κ2) is 7.41. The highest BCUT2D eigenvalue weighted by Crippen LogP contribution is 2.35. The van der Waals surface area contributed by atoms with Gasteiger partial charge in [-0.25, -0.2) is 9.97 Å². The van der Waals surface area contributed by atoms with Crippen molar-refractivity contribution in [2.24, 2.45) is 5.41 Å². The number of benzene rings is 1. The Morgan fingerprint density at radius 3 is 2.46 bits per heavy atom. The van der Waals surface area contributed by atoms with Gasteiger partial charge in [0.1, 0.15) is 0 Å². The molecule has 2 aromatic rings. The summed E-state index contributed by atoms with van der Waals surface area (Å²) >= 11 is 0. The number of piperidine rings is 1. The van der Waals surface area contributed by atoms with Gasteiger partial charge in [-0.2, -0.15) is 0 Å². The van der Waals surface area contributed by atoms with Gasteiger partial charge in [-0.3, -0.25) is 4.79 Å². The van der Waals surface area contributed by atoms with Crippen LogP contribution in [-0.4, -0.2) is 60.2 Å². The molecule has 0 N–H and O–H groups in total. The fourth-order valence-electron chi connectivity index (χ4n) is 3.87. The van der Waals surface area contributed by atoms with Gasteiger partial charge in [0, 0.05) is 49.6 Å². The molecule has 2 fully saturated rings. The molecule has 0 aliphatic carbocycles. The van der Waals surface area contributed by atoms with E-state index in [2.05, 4.69) is 14.9 Å². The summed E-state index contributed by atoms with van der Waals surface area (Å²) < 4.78 is 5.92. The first-order valence-electron chi connectivity index (χ1n) is 9.20. The highest BCUT2D eigenvalue weighted by Gasteiger charge is 2.39. The molecule has 0 radical (unpaired) electrons. The van der Waals surface area contributed by atoms with Gasteiger partial charge in [-0.05, 0) is 31.0 Å². The van der Waals surface area contributed by atoms with Gasteiger partial charge in [-0.1, -0.05) is 18.2 Å². The van der Waals surface area contributed by atoms with Gasteiger partial charge in [0.15, 0.2) is 0 Å². The van der Waals surface area contributed by atoms with E-state index in [-0.39, 0.29) is 11.3 Å². The molecule has 0 bridgehead atoms. The Morgan fingerprint density at radius 1 is 1.00 bits per heavy atom. The number of hydrogen-bond acceptors (Lipinski definition) is 5. The number of amides is 1. The van der Waals surface area contributed by atoms with Gasteiger partial charge < -0.3 is 14.5 Å². The molecule has 0 atom stereocenters. The summed E-state index contributed by atoms with van der Waals surface area (Å²) in [7, 11) is 0. The minimum atomic E-state index is 0.0587. The first kappa shape index (κ1) is 17.0. The summed E-state index contributed by atoms with van der Waals surface area (Å²) in [5.74, 6) is 0.887. The van der Waals surface area contributed by atoms with Gasteiger partial charge in [0.2, 0.25) is 5.95 Å². The summed E-state index contributed by atoms with van der Waals surface area (Å²) in [5.41, 5.74) is 0.822. The van der Waals surface area contributed by atoms with Crippen LogP contribution in [0.4, 0.5) is 5.95 Å². The van der Waals surface area contributed by atoms with E-state index in [0.29, 0.717) is 6.61 Å². The lowest BCUT2D eigenvalue weighted by atomic mass is 9.78. The minimum Gasteiger partial charge on any atom is -0.379 e. The van der Waals surface area contributed by atoms with Crippen LogP contribution in [0.2, 0.25) is 0 Å². The average Bonchev–Trinajstić information content (AvgIpc) is 2.92. The van der Waals surface area contributed by atoms with Gasteiger partial charge in [0.05, 0.1) is 13.2 Å². The lowest BCUT2D eigenvalue weighted by molar-refractivity contribution is 0.0207. The van der Waals surface area contributed by atoms with Crippen LogP contribution in [0.25, 0.3) is 0 Å². The Hall–Kier alpha value is -2.47. The Bertz CT molecular complexity index is 730. The molecule has 136 valence electrons. The van der Waals surface area contributed by atoms with Crippen molar-refractivity contribution >= 4 is 11.9 Å². The SMILES string of the molecule is O=C(c1ccccc1)N1CCC2(CC1)COCCN(c1ncccn1)C2. The van der Waals surface area contributed by atoms with Crippen molar-refractivity contribution < 1.29 is 9.53 Å². The fraction of sp³-hybridized carbons (Fsp3) is 0.450. The average molecular weight is 352 g/mol. The number of anilines is 1. The molecule has 0 unspecified atom stereocenters. The molecule has 1 aromatic carbocycles. The third-order valence-electron chi connectivity index (χ3n) is 5.41. The normalized spacial score (nSPS) is 20.0. The van der Waals surface area contributed by atoms with Crippen molar-refractivity contribution in [2.45, 2.75) is 12.8 Å². The Balaban J connectivity index is 1.44. The summed E-state index contributed by atoms with van der Waals surface area (Å²) in [5, 5.41) is 0. The number of aromatic nitrogens is 2. The molecule has 2 aliphatic heterocycles. The molecule has 6 heteroatoms. The van der Waals surface area contributed by atoms with Crippen LogP contribution in [0.5, 0.6) is 0 Å². The maximum atomic E-state index is 12.7. The lowest BCUT2D eigenvalue weighted by Gasteiger charge is -2.42.